The highest BCUT2D eigenvalue weighted by molar-refractivity contribution is 6.04. The number of nitrogens with one attached hydrogen (secondary N) is 2. The van der Waals surface area contributed by atoms with Gasteiger partial charge >= 0.3 is 0 Å². The highest BCUT2D eigenvalue weighted by Gasteiger charge is 2.16. The molecule has 2 N–H and O–H groups in total. The molecule has 0 bridgehead atoms. The minimum atomic E-state index is -0.403. The van der Waals surface area contributed by atoms with E-state index in [2.05, 4.69) is 20.5 Å². The summed E-state index contributed by atoms with van der Waals surface area (Å²) in [7, 11) is 0. The molecule has 23 heavy (non-hydrogen) atoms. The van der Waals surface area contributed by atoms with Crippen molar-refractivity contribution in [3.63, 3.8) is 0 Å². The largest absolute Gasteiger partial charge is 0.307 e. The van der Waals surface area contributed by atoms with Crippen molar-refractivity contribution in [3.8, 4) is 12.1 Å². The highest BCUT2D eigenvalue weighted by atomic mass is 16.1. The van der Waals surface area contributed by atoms with Gasteiger partial charge in [-0.2, -0.15) is 15.6 Å². The van der Waals surface area contributed by atoms with Gasteiger partial charge in [0.05, 0.1) is 23.9 Å². The summed E-state index contributed by atoms with van der Waals surface area (Å²) >= 11 is 0. The average Bonchev–Trinajstić information content (AvgIpc) is 3.08. The van der Waals surface area contributed by atoms with Crippen LogP contribution in [0.5, 0.6) is 0 Å². The van der Waals surface area contributed by atoms with E-state index in [0.29, 0.717) is 16.9 Å². The average molecular weight is 305 g/mol. The molecule has 3 aromatic rings. The maximum absolute atomic E-state index is 12.3. The van der Waals surface area contributed by atoms with Crippen LogP contribution >= 0.6 is 0 Å². The number of carbonyl (C=O) groups excluding carboxylic acids is 1. The number of anilines is 1. The third-order valence-electron chi connectivity index (χ3n) is 3.28. The number of nitrogens with zero attached hydrogens (tertiary/aromatic N) is 5. The van der Waals surface area contributed by atoms with Gasteiger partial charge in [0.25, 0.3) is 5.91 Å². The summed E-state index contributed by atoms with van der Waals surface area (Å²) in [4.78, 5) is 16.6. The van der Waals surface area contributed by atoms with Crippen molar-refractivity contribution >= 4 is 17.4 Å². The van der Waals surface area contributed by atoms with Gasteiger partial charge in [0.2, 0.25) is 0 Å². The number of hydrogen-bond acceptors (Lipinski definition) is 5. The first-order valence-corrected chi connectivity index (χ1v) is 6.73. The molecule has 0 radical (unpaired) electrons. The zero-order chi connectivity index (χ0) is 16.4. The molecule has 3 heterocycles. The molecular weight excluding hydrogens is 294 g/mol. The van der Waals surface area contributed by atoms with E-state index in [1.54, 1.807) is 18.3 Å². The van der Waals surface area contributed by atoms with Crippen LogP contribution in [0.25, 0.3) is 5.65 Å². The molecule has 112 valence electrons. The lowest BCUT2D eigenvalue weighted by atomic mass is 10.2. The molecule has 0 saturated carbocycles. The SMILES string of the molecule is Cc1cn2ccc(C(=O)Nc3n[nH]c(CC#N)c3C#N)cc2n1. The van der Waals surface area contributed by atoms with Gasteiger partial charge in [0, 0.05) is 18.0 Å². The van der Waals surface area contributed by atoms with Crippen LogP contribution in [0.4, 0.5) is 5.82 Å². The van der Waals surface area contributed by atoms with Crippen LogP contribution in [0.1, 0.15) is 27.3 Å². The van der Waals surface area contributed by atoms with E-state index in [4.69, 9.17) is 10.5 Å². The summed E-state index contributed by atoms with van der Waals surface area (Å²) in [6.45, 7) is 1.87. The Morgan fingerprint density at radius 1 is 1.48 bits per heavy atom. The Labute approximate surface area is 131 Å². The fourth-order valence-electron chi connectivity index (χ4n) is 2.23. The van der Waals surface area contributed by atoms with Crippen molar-refractivity contribution in [3.05, 3.63) is 47.0 Å². The van der Waals surface area contributed by atoms with Crippen LogP contribution in [0.2, 0.25) is 0 Å². The van der Waals surface area contributed by atoms with Crippen molar-refractivity contribution in [1.29, 1.82) is 10.5 Å². The molecule has 0 aromatic carbocycles. The zero-order valence-corrected chi connectivity index (χ0v) is 12.2. The van der Waals surface area contributed by atoms with E-state index < -0.39 is 5.91 Å². The molecule has 8 nitrogen and oxygen atoms in total. The molecule has 0 aliphatic carbocycles. The summed E-state index contributed by atoms with van der Waals surface area (Å²) < 4.78 is 1.81. The lowest BCUT2D eigenvalue weighted by molar-refractivity contribution is 0.102. The van der Waals surface area contributed by atoms with Gasteiger partial charge in [-0.15, -0.1) is 0 Å². The molecule has 3 rings (SSSR count). The van der Waals surface area contributed by atoms with Crippen LogP contribution in [0.15, 0.2) is 24.5 Å². The Morgan fingerprint density at radius 3 is 3.04 bits per heavy atom. The normalized spacial score (nSPS) is 10.2. The number of aryl methyl sites for hydroxylation is 1. The van der Waals surface area contributed by atoms with Crippen LogP contribution < -0.4 is 5.32 Å². The number of aromatic nitrogens is 4. The number of imidazole rings is 1. The molecule has 0 spiro atoms. The maximum atomic E-state index is 12.3. The van der Waals surface area contributed by atoms with Gasteiger partial charge in [-0.25, -0.2) is 4.98 Å². The van der Waals surface area contributed by atoms with Gasteiger partial charge in [0.15, 0.2) is 5.82 Å². The Balaban J connectivity index is 1.89. The molecule has 0 aliphatic rings. The molecular formula is C15H11N7O. The number of aromatic amines is 1. The summed E-state index contributed by atoms with van der Waals surface area (Å²) in [5, 5.41) is 26.9. The summed E-state index contributed by atoms with van der Waals surface area (Å²) in [5.41, 5.74) is 2.45. The number of amides is 1. The van der Waals surface area contributed by atoms with Crippen LogP contribution in [0.3, 0.4) is 0 Å². The highest BCUT2D eigenvalue weighted by Crippen LogP contribution is 2.17. The number of nitriles is 2. The molecule has 0 fully saturated rings. The molecule has 0 aliphatic heterocycles. The van der Waals surface area contributed by atoms with Crippen molar-refractivity contribution < 1.29 is 4.79 Å². The second kappa shape index (κ2) is 5.62. The zero-order valence-electron chi connectivity index (χ0n) is 12.2. The van der Waals surface area contributed by atoms with Gasteiger partial charge < -0.3 is 9.72 Å². The number of rotatable bonds is 3. The predicted molar refractivity (Wildman–Crippen MR) is 80.5 cm³/mol. The van der Waals surface area contributed by atoms with Crippen LogP contribution in [-0.4, -0.2) is 25.5 Å². The second-order valence-electron chi connectivity index (χ2n) is 4.89. The minimum absolute atomic E-state index is 0.0189. The lowest BCUT2D eigenvalue weighted by Gasteiger charge is -2.03. The minimum Gasteiger partial charge on any atom is -0.307 e. The van der Waals surface area contributed by atoms with Crippen molar-refractivity contribution in [2.24, 2.45) is 0 Å². The summed E-state index contributed by atoms with van der Waals surface area (Å²) in [5.74, 6) is -0.290. The Kier molecular flexibility index (Phi) is 3.49. The Hall–Kier alpha value is -3.65. The van der Waals surface area contributed by atoms with Crippen molar-refractivity contribution in [2.45, 2.75) is 13.3 Å². The van der Waals surface area contributed by atoms with E-state index in [0.717, 1.165) is 5.69 Å². The number of hydrogen-bond donors (Lipinski definition) is 2. The molecule has 1 amide bonds. The fourth-order valence-corrected chi connectivity index (χ4v) is 2.23. The fraction of sp³-hybridized carbons (Fsp3) is 0.133. The molecule has 0 unspecified atom stereocenters. The topological polar surface area (TPSA) is 123 Å². The van der Waals surface area contributed by atoms with Gasteiger partial charge in [0.1, 0.15) is 17.3 Å². The van der Waals surface area contributed by atoms with Crippen molar-refractivity contribution in [2.75, 3.05) is 5.32 Å². The summed E-state index contributed by atoms with van der Waals surface area (Å²) in [6.07, 6.45) is 3.61. The van der Waals surface area contributed by atoms with Crippen molar-refractivity contribution in [1.82, 2.24) is 19.6 Å². The van der Waals surface area contributed by atoms with Crippen LogP contribution in [0, 0.1) is 29.6 Å². The maximum Gasteiger partial charge on any atom is 0.257 e. The smallest absolute Gasteiger partial charge is 0.257 e. The first-order chi connectivity index (χ1) is 11.1. The monoisotopic (exact) mass is 305 g/mol. The third-order valence-corrected chi connectivity index (χ3v) is 3.28. The third kappa shape index (κ3) is 2.61. The molecule has 0 atom stereocenters. The number of carbonyl (C=O) groups is 1. The number of H-pyrrole nitrogens is 1. The van der Waals surface area contributed by atoms with E-state index in [1.165, 1.54) is 0 Å². The molecule has 0 saturated heterocycles. The first-order valence-electron chi connectivity index (χ1n) is 6.73. The van der Waals surface area contributed by atoms with E-state index in [9.17, 15) is 4.79 Å². The van der Waals surface area contributed by atoms with Gasteiger partial charge in [-0.3, -0.25) is 9.89 Å². The number of pyridine rings is 1. The first kappa shape index (κ1) is 14.3. The molecule has 8 heteroatoms. The quantitative estimate of drug-likeness (QED) is 0.760. The second-order valence-corrected chi connectivity index (χ2v) is 4.89. The Morgan fingerprint density at radius 2 is 2.30 bits per heavy atom. The van der Waals surface area contributed by atoms with Gasteiger partial charge in [-0.05, 0) is 19.1 Å². The summed E-state index contributed by atoms with van der Waals surface area (Å²) in [6, 6.07) is 7.18. The molecule has 3 aromatic heterocycles. The van der Waals surface area contributed by atoms with E-state index in [1.807, 2.05) is 29.7 Å². The standard InChI is InChI=1S/C15H11N7O/c1-9-8-22-5-3-10(6-13(22)18-9)15(23)19-14-11(7-17)12(2-4-16)20-21-14/h3,5-6,8H,2H2,1H3,(H2,19,20,21,23). The van der Waals surface area contributed by atoms with E-state index >= 15 is 0 Å². The number of fused-ring (bicyclic) bond motifs is 1. The lowest BCUT2D eigenvalue weighted by Crippen LogP contribution is -2.13. The van der Waals surface area contributed by atoms with E-state index in [-0.39, 0.29) is 17.8 Å². The Bertz CT molecular complexity index is 984. The van der Waals surface area contributed by atoms with Crippen LogP contribution in [-0.2, 0) is 6.42 Å². The van der Waals surface area contributed by atoms with Gasteiger partial charge in [-0.1, -0.05) is 0 Å². The predicted octanol–water partition coefficient (Wildman–Crippen LogP) is 1.56.